The van der Waals surface area contributed by atoms with E-state index in [1.165, 1.54) is 12.3 Å². The summed E-state index contributed by atoms with van der Waals surface area (Å²) in [4.78, 5) is 19.0. The summed E-state index contributed by atoms with van der Waals surface area (Å²) >= 11 is 0. The zero-order valence-corrected chi connectivity index (χ0v) is 23.4. The lowest BCUT2D eigenvalue weighted by Crippen LogP contribution is -2.02. The Morgan fingerprint density at radius 3 is 2.50 bits per heavy atom. The molecule has 11 heteroatoms. The van der Waals surface area contributed by atoms with Crippen molar-refractivity contribution < 1.29 is 27.4 Å². The number of fused-ring (bicyclic) bond motifs is 1. The molecule has 0 saturated heterocycles. The maximum Gasteiger partial charge on any atom is 0.328 e. The van der Waals surface area contributed by atoms with Crippen LogP contribution in [0.25, 0.3) is 28.1 Å². The van der Waals surface area contributed by atoms with Crippen LogP contribution in [0.4, 0.5) is 4.39 Å². The van der Waals surface area contributed by atoms with E-state index in [9.17, 15) is 17.6 Å². The van der Waals surface area contributed by atoms with Crippen molar-refractivity contribution in [1.29, 1.82) is 0 Å². The molecule has 0 aliphatic carbocycles. The van der Waals surface area contributed by atoms with Crippen molar-refractivity contribution in [2.24, 2.45) is 0 Å². The summed E-state index contributed by atoms with van der Waals surface area (Å²) in [7, 11) is -3.57. The highest BCUT2D eigenvalue weighted by Crippen LogP contribution is 2.37. The number of carboxylic acids is 1. The number of aromatic amines is 1. The van der Waals surface area contributed by atoms with Gasteiger partial charge in [0.1, 0.15) is 5.75 Å². The fourth-order valence-electron chi connectivity index (χ4n) is 4.53. The molecule has 0 bridgehead atoms. The number of carbonyl (C=O) groups is 1. The number of hydrogen-bond donors (Lipinski definition) is 2. The Morgan fingerprint density at radius 1 is 1.02 bits per heavy atom. The number of nitrogens with zero attached hydrogens (tertiary/aromatic N) is 3. The van der Waals surface area contributed by atoms with Gasteiger partial charge < -0.3 is 9.84 Å². The van der Waals surface area contributed by atoms with Crippen LogP contribution in [0, 0.1) is 5.95 Å². The van der Waals surface area contributed by atoms with Crippen LogP contribution in [0.3, 0.4) is 0 Å². The number of aliphatic carboxylic acids is 1. The van der Waals surface area contributed by atoms with Gasteiger partial charge in [-0.1, -0.05) is 49.4 Å². The number of sulfone groups is 1. The lowest BCUT2D eigenvalue weighted by molar-refractivity contribution is -0.131. The number of ether oxygens (including phenoxy) is 1. The van der Waals surface area contributed by atoms with E-state index in [4.69, 9.17) is 9.84 Å². The molecule has 212 valence electrons. The molecule has 2 aromatic heterocycles. The zero-order valence-electron chi connectivity index (χ0n) is 22.6. The van der Waals surface area contributed by atoms with Crippen LogP contribution in [0.15, 0.2) is 90.2 Å². The number of hydrogen-bond acceptors (Lipinski definition) is 7. The molecule has 42 heavy (non-hydrogen) atoms. The van der Waals surface area contributed by atoms with Gasteiger partial charge in [0.25, 0.3) is 0 Å². The first-order chi connectivity index (χ1) is 20.1. The summed E-state index contributed by atoms with van der Waals surface area (Å²) in [6.07, 6.45) is 6.70. The second-order valence-corrected chi connectivity index (χ2v) is 11.3. The van der Waals surface area contributed by atoms with Crippen molar-refractivity contribution >= 4 is 43.9 Å². The maximum absolute atomic E-state index is 14.5. The molecule has 0 unspecified atom stereocenters. The molecule has 0 atom stereocenters. The molecule has 0 aliphatic heterocycles. The molecule has 0 fully saturated rings. The smallest absolute Gasteiger partial charge is 0.328 e. The average Bonchev–Trinajstić information content (AvgIpc) is 3.34. The molecule has 5 aromatic rings. The Hall–Kier alpha value is -5.16. The molecule has 0 aliphatic rings. The van der Waals surface area contributed by atoms with Crippen molar-refractivity contribution in [2.75, 3.05) is 6.26 Å². The number of H-pyrrole nitrogens is 1. The standard InChI is InChI=1S/C31H25FN4O5S/c1-3-24(21-5-4-6-23(15-21)41-27-17-33-18-28(34-27)42(2,39)40)30(20-10-7-19(8-11-20)9-14-29(37)38)22-12-13-26-25(16-22)31(32)36-35-26/h4-18H,3H2,1-2H3,(H,35,36)(H,37,38). The summed E-state index contributed by atoms with van der Waals surface area (Å²) < 4.78 is 44.2. The van der Waals surface area contributed by atoms with E-state index in [1.54, 1.807) is 18.2 Å². The highest BCUT2D eigenvalue weighted by molar-refractivity contribution is 7.90. The molecule has 9 nitrogen and oxygen atoms in total. The Kier molecular flexibility index (Phi) is 7.94. The molecule has 2 N–H and O–H groups in total. The van der Waals surface area contributed by atoms with E-state index in [2.05, 4.69) is 20.2 Å². The van der Waals surface area contributed by atoms with Crippen LogP contribution < -0.4 is 4.74 Å². The van der Waals surface area contributed by atoms with Crippen LogP contribution in [0.5, 0.6) is 11.6 Å². The molecule has 2 heterocycles. The Labute approximate surface area is 241 Å². The van der Waals surface area contributed by atoms with Gasteiger partial charge >= 0.3 is 5.97 Å². The molecule has 5 rings (SSSR count). The number of benzene rings is 3. The topological polar surface area (TPSA) is 135 Å². The Bertz CT molecular complexity index is 1970. The predicted molar refractivity (Wildman–Crippen MR) is 157 cm³/mol. The van der Waals surface area contributed by atoms with Gasteiger partial charge in [0, 0.05) is 12.3 Å². The second kappa shape index (κ2) is 11.8. The highest BCUT2D eigenvalue weighted by Gasteiger charge is 2.17. The summed E-state index contributed by atoms with van der Waals surface area (Å²) in [6.45, 7) is 2.00. The van der Waals surface area contributed by atoms with Gasteiger partial charge in [-0.05, 0) is 70.2 Å². The average molecular weight is 585 g/mol. The number of carboxylic acid groups (broad SMARTS) is 1. The van der Waals surface area contributed by atoms with Gasteiger partial charge in [-0.15, -0.1) is 5.10 Å². The lowest BCUT2D eigenvalue weighted by Gasteiger charge is -2.17. The van der Waals surface area contributed by atoms with E-state index in [0.717, 1.165) is 46.4 Å². The molecule has 0 amide bonds. The first-order valence-corrected chi connectivity index (χ1v) is 14.7. The van der Waals surface area contributed by atoms with Gasteiger partial charge in [0.05, 0.1) is 23.3 Å². The third-order valence-corrected chi connectivity index (χ3v) is 7.41. The number of aromatic nitrogens is 4. The number of allylic oxidation sites excluding steroid dienone is 1. The summed E-state index contributed by atoms with van der Waals surface area (Å²) in [5.41, 5.74) is 5.45. The first kappa shape index (κ1) is 28.4. The lowest BCUT2D eigenvalue weighted by atomic mass is 9.87. The minimum atomic E-state index is -3.57. The quantitative estimate of drug-likeness (QED) is 0.155. The third kappa shape index (κ3) is 6.26. The van der Waals surface area contributed by atoms with Gasteiger partial charge in [0.15, 0.2) is 14.9 Å². The minimum absolute atomic E-state index is 0.0308. The van der Waals surface area contributed by atoms with Gasteiger partial charge in [-0.3, -0.25) is 10.1 Å². The van der Waals surface area contributed by atoms with Gasteiger partial charge in [0.2, 0.25) is 11.8 Å². The predicted octanol–water partition coefficient (Wildman–Crippen LogP) is 6.15. The van der Waals surface area contributed by atoms with Crippen LogP contribution in [-0.4, -0.2) is 45.9 Å². The first-order valence-electron chi connectivity index (χ1n) is 12.8. The van der Waals surface area contributed by atoms with E-state index < -0.39 is 21.8 Å². The van der Waals surface area contributed by atoms with Gasteiger partial charge in [-0.2, -0.15) is 9.37 Å². The largest absolute Gasteiger partial charge is 0.478 e. The van der Waals surface area contributed by atoms with Crippen LogP contribution >= 0.6 is 0 Å². The fourth-order valence-corrected chi connectivity index (χ4v) is 5.04. The number of nitrogens with one attached hydrogen (secondary N) is 1. The van der Waals surface area contributed by atoms with Crippen molar-refractivity contribution in [3.63, 3.8) is 0 Å². The van der Waals surface area contributed by atoms with Crippen molar-refractivity contribution in [3.05, 3.63) is 113 Å². The van der Waals surface area contributed by atoms with Crippen molar-refractivity contribution in [2.45, 2.75) is 18.4 Å². The summed E-state index contributed by atoms with van der Waals surface area (Å²) in [6, 6.07) is 20.1. The molecule has 0 radical (unpaired) electrons. The van der Waals surface area contributed by atoms with Crippen LogP contribution in [0.2, 0.25) is 0 Å². The van der Waals surface area contributed by atoms with Crippen LogP contribution in [0.1, 0.15) is 35.6 Å². The van der Waals surface area contributed by atoms with Crippen molar-refractivity contribution in [3.8, 4) is 11.6 Å². The third-order valence-electron chi connectivity index (χ3n) is 6.45. The summed E-state index contributed by atoms with van der Waals surface area (Å²) in [5, 5.41) is 15.5. The SMILES string of the molecule is CCC(=C(c1ccc(C=CC(=O)O)cc1)c1ccc2[nH]nc(F)c2c1)c1cccc(Oc2cncc(S(C)(=O)=O)n2)c1. The Morgan fingerprint density at radius 2 is 1.79 bits per heavy atom. The van der Waals surface area contributed by atoms with E-state index in [1.807, 2.05) is 55.5 Å². The molecule has 0 spiro atoms. The van der Waals surface area contributed by atoms with E-state index in [-0.39, 0.29) is 10.9 Å². The fraction of sp³-hybridized carbons (Fsp3) is 0.0968. The molecular formula is C31H25FN4O5S. The number of halogens is 1. The maximum atomic E-state index is 14.5. The normalized spacial score (nSPS) is 12.5. The molecule has 0 saturated carbocycles. The highest BCUT2D eigenvalue weighted by atomic mass is 32.2. The second-order valence-electron chi connectivity index (χ2n) is 9.37. The Balaban J connectivity index is 1.63. The molecular weight excluding hydrogens is 559 g/mol. The number of rotatable bonds is 9. The van der Waals surface area contributed by atoms with E-state index in [0.29, 0.717) is 28.6 Å². The monoisotopic (exact) mass is 584 g/mol. The van der Waals surface area contributed by atoms with Crippen LogP contribution in [-0.2, 0) is 14.6 Å². The summed E-state index contributed by atoms with van der Waals surface area (Å²) in [5.74, 6) is -1.20. The zero-order chi connectivity index (χ0) is 29.9. The van der Waals surface area contributed by atoms with Crippen molar-refractivity contribution in [1.82, 2.24) is 20.2 Å². The molecule has 3 aromatic carbocycles. The van der Waals surface area contributed by atoms with Gasteiger partial charge in [-0.25, -0.2) is 13.2 Å². The minimum Gasteiger partial charge on any atom is -0.478 e. The van der Waals surface area contributed by atoms with E-state index >= 15 is 0 Å².